The van der Waals surface area contributed by atoms with Gasteiger partial charge in [-0.1, -0.05) is 0 Å². The third kappa shape index (κ3) is 6.20. The number of carbonyl (C=O) groups is 3. The molecule has 0 aliphatic heterocycles. The fourth-order valence-corrected chi connectivity index (χ4v) is 1.84. The summed E-state index contributed by atoms with van der Waals surface area (Å²) >= 11 is 0. The quantitative estimate of drug-likeness (QED) is 0.337. The van der Waals surface area contributed by atoms with Crippen LogP contribution in [0.3, 0.4) is 0 Å². The molecule has 0 bridgehead atoms. The lowest BCUT2D eigenvalue weighted by atomic mass is 10.2. The maximum atomic E-state index is 13.4. The van der Waals surface area contributed by atoms with Crippen molar-refractivity contribution in [3.63, 3.8) is 0 Å². The van der Waals surface area contributed by atoms with Gasteiger partial charge in [-0.05, 0) is 36.4 Å². The lowest BCUT2D eigenvalue weighted by molar-refractivity contribution is -0.140. The van der Waals surface area contributed by atoms with Crippen LogP contribution in [0.4, 0.5) is 22.4 Å². The van der Waals surface area contributed by atoms with E-state index in [-0.39, 0.29) is 11.1 Å². The molecule has 0 spiro atoms. The molecule has 0 heterocycles. The van der Waals surface area contributed by atoms with Crippen molar-refractivity contribution < 1.29 is 41.4 Å². The Labute approximate surface area is 155 Å². The minimum atomic E-state index is -1.68. The van der Waals surface area contributed by atoms with E-state index in [2.05, 4.69) is 9.47 Å². The Morgan fingerprint density at radius 3 is 1.43 bits per heavy atom. The van der Waals surface area contributed by atoms with E-state index < -0.39 is 41.4 Å². The summed E-state index contributed by atoms with van der Waals surface area (Å²) in [4.78, 5) is 34.2. The van der Waals surface area contributed by atoms with Crippen molar-refractivity contribution in [2.75, 3.05) is 0 Å². The van der Waals surface area contributed by atoms with Gasteiger partial charge in [0.1, 0.15) is 23.3 Å². The molecule has 0 N–H and O–H groups in total. The van der Waals surface area contributed by atoms with Gasteiger partial charge in [0.2, 0.25) is 0 Å². The predicted octanol–water partition coefficient (Wildman–Crippen LogP) is 4.18. The summed E-state index contributed by atoms with van der Waals surface area (Å²) < 4.78 is 60.5. The summed E-state index contributed by atoms with van der Waals surface area (Å²) in [6, 6.07) is 5.20. The third-order valence-electron chi connectivity index (χ3n) is 3.09. The first-order chi connectivity index (χ1) is 13.2. The molecule has 0 saturated heterocycles. The molecule has 144 valence electrons. The van der Waals surface area contributed by atoms with Gasteiger partial charge in [-0.15, -0.1) is 0 Å². The van der Waals surface area contributed by atoms with E-state index in [0.29, 0.717) is 24.3 Å². The van der Waals surface area contributed by atoms with Crippen LogP contribution in [0.5, 0.6) is 0 Å². The predicted molar refractivity (Wildman–Crippen MR) is 88.4 cm³/mol. The maximum Gasteiger partial charge on any atom is 0.524 e. The Morgan fingerprint density at radius 1 is 0.679 bits per heavy atom. The van der Waals surface area contributed by atoms with E-state index in [0.717, 1.165) is 36.4 Å². The zero-order valence-corrected chi connectivity index (χ0v) is 13.8. The van der Waals surface area contributed by atoms with E-state index in [4.69, 9.17) is 0 Å². The second-order valence-electron chi connectivity index (χ2n) is 5.09. The Kier molecular flexibility index (Phi) is 6.80. The molecule has 0 amide bonds. The Balaban J connectivity index is 1.88. The zero-order valence-electron chi connectivity index (χ0n) is 13.8. The molecular formula is C19H10F4O5. The first-order valence-electron chi connectivity index (χ1n) is 7.48. The minimum absolute atomic E-state index is 0.146. The smallest absolute Gasteiger partial charge is 0.357 e. The highest BCUT2D eigenvalue weighted by Crippen LogP contribution is 2.12. The van der Waals surface area contributed by atoms with Crippen molar-refractivity contribution in [3.8, 4) is 0 Å². The minimum Gasteiger partial charge on any atom is -0.357 e. The number of ether oxygens (including phenoxy) is 2. The molecule has 0 aliphatic carbocycles. The van der Waals surface area contributed by atoms with Gasteiger partial charge in [-0.2, -0.15) is 0 Å². The van der Waals surface area contributed by atoms with Gasteiger partial charge in [-0.25, -0.2) is 31.9 Å². The Morgan fingerprint density at radius 2 is 1.07 bits per heavy atom. The van der Waals surface area contributed by atoms with Gasteiger partial charge in [0, 0.05) is 35.4 Å². The van der Waals surface area contributed by atoms with Crippen LogP contribution < -0.4 is 0 Å². The largest absolute Gasteiger partial charge is 0.524 e. The molecule has 2 aromatic carbocycles. The first-order valence-corrected chi connectivity index (χ1v) is 7.48. The molecule has 0 radical (unpaired) electrons. The number of benzene rings is 2. The third-order valence-corrected chi connectivity index (χ3v) is 3.09. The average molecular weight is 394 g/mol. The topological polar surface area (TPSA) is 69.7 Å². The highest BCUT2D eigenvalue weighted by Gasteiger charge is 2.13. The van der Waals surface area contributed by atoms with Gasteiger partial charge < -0.3 is 9.47 Å². The van der Waals surface area contributed by atoms with Crippen LogP contribution in [0.15, 0.2) is 48.6 Å². The lowest BCUT2D eigenvalue weighted by Crippen LogP contribution is -2.15. The molecule has 0 atom stereocenters. The molecule has 0 aromatic heterocycles. The number of rotatable bonds is 4. The monoisotopic (exact) mass is 394 g/mol. The number of carbonyl (C=O) groups excluding carboxylic acids is 3. The van der Waals surface area contributed by atoms with Crippen molar-refractivity contribution in [3.05, 3.63) is 82.9 Å². The van der Waals surface area contributed by atoms with Crippen molar-refractivity contribution in [1.82, 2.24) is 0 Å². The number of hydrogen-bond donors (Lipinski definition) is 0. The summed E-state index contributed by atoms with van der Waals surface area (Å²) in [7, 11) is 0. The van der Waals surface area contributed by atoms with Gasteiger partial charge in [0.05, 0.1) is 0 Å². The van der Waals surface area contributed by atoms with Crippen molar-refractivity contribution in [2.24, 2.45) is 0 Å². The molecule has 0 aliphatic rings. The summed E-state index contributed by atoms with van der Waals surface area (Å²) in [5.41, 5.74) is -0.292. The van der Waals surface area contributed by atoms with Gasteiger partial charge in [0.15, 0.2) is 0 Å². The second-order valence-corrected chi connectivity index (χ2v) is 5.09. The van der Waals surface area contributed by atoms with Crippen LogP contribution in [0, 0.1) is 23.3 Å². The van der Waals surface area contributed by atoms with E-state index in [1.807, 2.05) is 0 Å². The second kappa shape index (κ2) is 9.26. The summed E-state index contributed by atoms with van der Waals surface area (Å²) in [6.07, 6.45) is 1.48. The highest BCUT2D eigenvalue weighted by atomic mass is 19.1. The number of halogens is 4. The summed E-state index contributed by atoms with van der Waals surface area (Å²) in [5.74, 6) is -6.08. The maximum absolute atomic E-state index is 13.4. The highest BCUT2D eigenvalue weighted by molar-refractivity contribution is 5.98. The molecule has 28 heavy (non-hydrogen) atoms. The van der Waals surface area contributed by atoms with E-state index in [1.165, 1.54) is 0 Å². The van der Waals surface area contributed by atoms with Crippen LogP contribution in [-0.4, -0.2) is 18.1 Å². The van der Waals surface area contributed by atoms with Crippen LogP contribution in [0.25, 0.3) is 12.2 Å². The Bertz CT molecular complexity index is 905. The normalized spacial score (nSPS) is 11.0. The fraction of sp³-hybridized carbons (Fsp3) is 0. The van der Waals surface area contributed by atoms with Gasteiger partial charge >= 0.3 is 18.1 Å². The molecule has 2 aromatic rings. The Hall–Kier alpha value is -3.75. The lowest BCUT2D eigenvalue weighted by Gasteiger charge is -2.00. The van der Waals surface area contributed by atoms with Crippen LogP contribution in [0.1, 0.15) is 11.1 Å². The molecular weight excluding hydrogens is 384 g/mol. The SMILES string of the molecule is O=C(/C=C/c1ccc(F)cc1F)OC(=O)OC(=O)/C=C/c1ccc(F)cc1F. The molecule has 9 heteroatoms. The van der Waals surface area contributed by atoms with Crippen LogP contribution >= 0.6 is 0 Å². The van der Waals surface area contributed by atoms with Crippen molar-refractivity contribution in [1.29, 1.82) is 0 Å². The van der Waals surface area contributed by atoms with E-state index >= 15 is 0 Å². The van der Waals surface area contributed by atoms with Crippen LogP contribution in [-0.2, 0) is 19.1 Å². The molecule has 0 saturated carbocycles. The molecule has 0 unspecified atom stereocenters. The van der Waals surface area contributed by atoms with Crippen molar-refractivity contribution >= 4 is 30.2 Å². The average Bonchev–Trinajstić information content (AvgIpc) is 2.60. The zero-order chi connectivity index (χ0) is 20.7. The molecule has 2 rings (SSSR count). The van der Waals surface area contributed by atoms with Gasteiger partial charge in [0.25, 0.3) is 0 Å². The van der Waals surface area contributed by atoms with Gasteiger partial charge in [-0.3, -0.25) is 0 Å². The van der Waals surface area contributed by atoms with E-state index in [9.17, 15) is 31.9 Å². The standard InChI is InChI=1S/C19H10F4O5/c20-13-5-1-11(15(22)9-13)3-7-17(24)27-19(26)28-18(25)8-4-12-2-6-14(21)10-16(12)23/h1-10H/b7-3+,8-4+. The van der Waals surface area contributed by atoms with Crippen LogP contribution in [0.2, 0.25) is 0 Å². The molecule has 0 fully saturated rings. The van der Waals surface area contributed by atoms with Crippen molar-refractivity contribution in [2.45, 2.75) is 0 Å². The fourth-order valence-electron chi connectivity index (χ4n) is 1.84. The number of esters is 2. The summed E-state index contributed by atoms with van der Waals surface area (Å²) in [5, 5.41) is 0. The molecule has 5 nitrogen and oxygen atoms in total. The van der Waals surface area contributed by atoms with E-state index in [1.54, 1.807) is 0 Å². The first kappa shape index (κ1) is 20.6. The number of hydrogen-bond acceptors (Lipinski definition) is 5. The summed E-state index contributed by atoms with van der Waals surface area (Å²) in [6.45, 7) is 0.